The summed E-state index contributed by atoms with van der Waals surface area (Å²) in [4.78, 5) is 18.4. The minimum absolute atomic E-state index is 0.0429. The molecule has 0 aliphatic rings. The molecule has 0 saturated heterocycles. The van der Waals surface area contributed by atoms with Crippen molar-refractivity contribution in [2.75, 3.05) is 13.1 Å². The molecule has 7 nitrogen and oxygen atoms in total. The summed E-state index contributed by atoms with van der Waals surface area (Å²) in [5.74, 6) is 0.0429. The van der Waals surface area contributed by atoms with E-state index in [9.17, 15) is 15.0 Å². The van der Waals surface area contributed by atoms with Crippen LogP contribution >= 0.6 is 11.3 Å². The number of aliphatic hydroxyl groups is 1. The van der Waals surface area contributed by atoms with Crippen molar-refractivity contribution in [1.29, 1.82) is 0 Å². The second kappa shape index (κ2) is 11.2. The molecule has 2 aromatic heterocycles. The van der Waals surface area contributed by atoms with E-state index in [1.165, 1.54) is 11.1 Å². The van der Waals surface area contributed by atoms with Gasteiger partial charge in [0.25, 0.3) is 0 Å². The van der Waals surface area contributed by atoms with Gasteiger partial charge in [-0.15, -0.1) is 0 Å². The highest BCUT2D eigenvalue weighted by Crippen LogP contribution is 2.28. The van der Waals surface area contributed by atoms with Gasteiger partial charge in [-0.3, -0.25) is 15.1 Å². The molecule has 0 fully saturated rings. The van der Waals surface area contributed by atoms with Crippen molar-refractivity contribution in [2.45, 2.75) is 32.0 Å². The minimum atomic E-state index is -0.742. The lowest BCUT2D eigenvalue weighted by Crippen LogP contribution is -2.32. The van der Waals surface area contributed by atoms with E-state index in [0.717, 1.165) is 48.5 Å². The average molecular weight is 465 g/mol. The van der Waals surface area contributed by atoms with Crippen molar-refractivity contribution in [2.24, 2.45) is 0 Å². The van der Waals surface area contributed by atoms with E-state index >= 15 is 0 Å². The number of phenolic OH excluding ortho intramolecular Hbond substituents is 1. The maximum atomic E-state index is 11.7. The summed E-state index contributed by atoms with van der Waals surface area (Å²) in [5, 5.41) is 26.9. The van der Waals surface area contributed by atoms with Crippen molar-refractivity contribution < 1.29 is 10.2 Å². The number of thiazole rings is 1. The third-order valence-corrected chi connectivity index (χ3v) is 6.42. The van der Waals surface area contributed by atoms with E-state index in [0.29, 0.717) is 23.2 Å². The number of H-pyrrole nitrogens is 1. The summed E-state index contributed by atoms with van der Waals surface area (Å²) in [7, 11) is 0. The van der Waals surface area contributed by atoms with Crippen LogP contribution in [0.2, 0.25) is 0 Å². The Morgan fingerprint density at radius 2 is 1.85 bits per heavy atom. The molecule has 0 aliphatic carbocycles. The Labute approximate surface area is 196 Å². The zero-order valence-electron chi connectivity index (χ0n) is 18.3. The fourth-order valence-corrected chi connectivity index (χ4v) is 4.67. The summed E-state index contributed by atoms with van der Waals surface area (Å²) in [6.07, 6.45) is 3.16. The van der Waals surface area contributed by atoms with E-state index in [1.807, 2.05) is 18.2 Å². The molecule has 0 spiro atoms. The van der Waals surface area contributed by atoms with Crippen LogP contribution in [-0.4, -0.2) is 39.5 Å². The fourth-order valence-electron chi connectivity index (χ4n) is 3.79. The quantitative estimate of drug-likeness (QED) is 0.172. The van der Waals surface area contributed by atoms with Crippen molar-refractivity contribution in [3.8, 4) is 5.75 Å². The molecular formula is C25H28N4O3S. The van der Waals surface area contributed by atoms with Gasteiger partial charge in [-0.1, -0.05) is 47.7 Å². The first-order valence-corrected chi connectivity index (χ1v) is 11.8. The van der Waals surface area contributed by atoms with Gasteiger partial charge in [0.2, 0.25) is 0 Å². The molecule has 8 heteroatoms. The number of fused-ring (bicyclic) bond motifs is 1. The molecule has 4 aromatic rings. The van der Waals surface area contributed by atoms with E-state index in [-0.39, 0.29) is 10.6 Å². The number of aliphatic hydroxyl groups excluding tert-OH is 1. The SMILES string of the molecule is O=c1[nH]c2c(O)ccc(CC(O)NCCc3cccc(CCNCc4ccccn4)c3)c2s1. The fraction of sp³-hybridized carbons (Fsp3) is 0.280. The van der Waals surface area contributed by atoms with Gasteiger partial charge < -0.3 is 20.5 Å². The van der Waals surface area contributed by atoms with Crippen LogP contribution in [0, 0.1) is 0 Å². The Hall–Kier alpha value is -3.04. The van der Waals surface area contributed by atoms with Crippen molar-refractivity contribution in [1.82, 2.24) is 20.6 Å². The van der Waals surface area contributed by atoms with E-state index in [4.69, 9.17) is 0 Å². The molecule has 0 bridgehead atoms. The predicted octanol–water partition coefficient (Wildman–Crippen LogP) is 2.72. The minimum Gasteiger partial charge on any atom is -0.506 e. The largest absolute Gasteiger partial charge is 0.506 e. The highest BCUT2D eigenvalue weighted by Gasteiger charge is 2.13. The zero-order chi connectivity index (χ0) is 23.0. The highest BCUT2D eigenvalue weighted by molar-refractivity contribution is 7.16. The summed E-state index contributed by atoms with van der Waals surface area (Å²) >= 11 is 1.05. The van der Waals surface area contributed by atoms with E-state index in [2.05, 4.69) is 44.9 Å². The van der Waals surface area contributed by atoms with Gasteiger partial charge >= 0.3 is 4.87 Å². The van der Waals surface area contributed by atoms with Crippen molar-refractivity contribution in [3.63, 3.8) is 0 Å². The van der Waals surface area contributed by atoms with Crippen LogP contribution in [-0.2, 0) is 25.8 Å². The second-order valence-corrected chi connectivity index (χ2v) is 8.94. The molecule has 0 amide bonds. The lowest BCUT2D eigenvalue weighted by atomic mass is 10.1. The van der Waals surface area contributed by atoms with Gasteiger partial charge in [-0.05, 0) is 54.3 Å². The number of nitrogens with one attached hydrogen (secondary N) is 3. The molecule has 0 saturated carbocycles. The van der Waals surface area contributed by atoms with Crippen LogP contribution in [0.15, 0.2) is 65.6 Å². The van der Waals surface area contributed by atoms with Crippen LogP contribution in [0.3, 0.4) is 0 Å². The van der Waals surface area contributed by atoms with Gasteiger partial charge in [-0.2, -0.15) is 0 Å². The first kappa shape index (κ1) is 23.1. The van der Waals surface area contributed by atoms with Gasteiger partial charge in [0, 0.05) is 25.7 Å². The summed E-state index contributed by atoms with van der Waals surface area (Å²) in [6, 6.07) is 17.7. The van der Waals surface area contributed by atoms with Crippen LogP contribution in [0.1, 0.15) is 22.4 Å². The van der Waals surface area contributed by atoms with Crippen LogP contribution in [0.5, 0.6) is 5.75 Å². The number of aromatic hydroxyl groups is 1. The predicted molar refractivity (Wildman–Crippen MR) is 132 cm³/mol. The summed E-state index contributed by atoms with van der Waals surface area (Å²) in [6.45, 7) is 2.27. The highest BCUT2D eigenvalue weighted by atomic mass is 32.1. The molecule has 0 aliphatic heterocycles. The van der Waals surface area contributed by atoms with E-state index in [1.54, 1.807) is 18.3 Å². The normalized spacial score (nSPS) is 12.3. The standard InChI is InChI=1S/C25H28N4O3S/c30-21-8-7-19(24-23(21)29-25(32)33-24)15-22(31)28-13-10-18-5-3-4-17(14-18)9-12-26-16-20-6-1-2-11-27-20/h1-8,11,14,22,26,28,30-31H,9-10,12-13,15-16H2,(H,29,32). The molecule has 1 unspecified atom stereocenters. The number of nitrogens with zero attached hydrogens (tertiary/aromatic N) is 1. The topological polar surface area (TPSA) is 110 Å². The van der Waals surface area contributed by atoms with Gasteiger partial charge in [-0.25, -0.2) is 0 Å². The molecule has 5 N–H and O–H groups in total. The summed E-state index contributed by atoms with van der Waals surface area (Å²) < 4.78 is 0.685. The summed E-state index contributed by atoms with van der Waals surface area (Å²) in [5.41, 5.74) is 4.78. The lowest BCUT2D eigenvalue weighted by Gasteiger charge is -2.14. The Kier molecular flexibility index (Phi) is 7.85. The maximum Gasteiger partial charge on any atom is 0.305 e. The third-order valence-electron chi connectivity index (χ3n) is 5.46. The maximum absolute atomic E-state index is 11.7. The third kappa shape index (κ3) is 6.49. The molecule has 172 valence electrons. The Morgan fingerprint density at radius 1 is 1.03 bits per heavy atom. The van der Waals surface area contributed by atoms with Crippen LogP contribution in [0.4, 0.5) is 0 Å². The monoisotopic (exact) mass is 464 g/mol. The molecule has 2 heterocycles. The number of hydrogen-bond acceptors (Lipinski definition) is 7. The van der Waals surface area contributed by atoms with Crippen LogP contribution in [0.25, 0.3) is 10.2 Å². The van der Waals surface area contributed by atoms with Crippen molar-refractivity contribution >= 4 is 21.6 Å². The zero-order valence-corrected chi connectivity index (χ0v) is 19.1. The number of benzene rings is 2. The Bertz CT molecular complexity index is 1240. The number of phenols is 1. The van der Waals surface area contributed by atoms with Gasteiger partial charge in [0.1, 0.15) is 17.5 Å². The Balaban J connectivity index is 1.22. The molecule has 33 heavy (non-hydrogen) atoms. The second-order valence-electron chi connectivity index (χ2n) is 7.95. The molecule has 2 aromatic carbocycles. The van der Waals surface area contributed by atoms with Gasteiger partial charge in [0.05, 0.1) is 10.4 Å². The number of pyridine rings is 1. The number of rotatable bonds is 11. The number of hydrogen-bond donors (Lipinski definition) is 5. The molecule has 0 radical (unpaired) electrons. The van der Waals surface area contributed by atoms with Crippen molar-refractivity contribution in [3.05, 3.63) is 92.8 Å². The lowest BCUT2D eigenvalue weighted by molar-refractivity contribution is 0.139. The van der Waals surface area contributed by atoms with Gasteiger partial charge in [0.15, 0.2) is 0 Å². The first-order chi connectivity index (χ1) is 16.1. The average Bonchev–Trinajstić information content (AvgIpc) is 3.22. The smallest absolute Gasteiger partial charge is 0.305 e. The molecule has 1 atom stereocenters. The van der Waals surface area contributed by atoms with E-state index < -0.39 is 6.23 Å². The molecule has 4 rings (SSSR count). The Morgan fingerprint density at radius 3 is 2.64 bits per heavy atom. The van der Waals surface area contributed by atoms with Crippen LogP contribution < -0.4 is 15.5 Å². The number of aromatic amines is 1. The number of aromatic nitrogens is 2. The first-order valence-electron chi connectivity index (χ1n) is 11.0. The molecular weight excluding hydrogens is 436 g/mol.